The normalized spacial score (nSPS) is 10.2. The van der Waals surface area contributed by atoms with Gasteiger partial charge >= 0.3 is 11.9 Å². The summed E-state index contributed by atoms with van der Waals surface area (Å²) in [5, 5.41) is 0. The number of carbonyl (C=O) groups excluding carboxylic acids is 3. The van der Waals surface area contributed by atoms with Gasteiger partial charge in [0, 0.05) is 0 Å². The lowest BCUT2D eigenvalue weighted by Gasteiger charge is -2.08. The first kappa shape index (κ1) is 18.8. The van der Waals surface area contributed by atoms with E-state index in [9.17, 15) is 14.4 Å². The number of hydrogen-bond acceptors (Lipinski definition) is 6. The molecule has 0 bridgehead atoms. The molecule has 0 atom stereocenters. The third-order valence-electron chi connectivity index (χ3n) is 2.94. The van der Waals surface area contributed by atoms with Crippen molar-refractivity contribution in [3.8, 4) is 5.75 Å². The molecular weight excluding hydrogens is 300 g/mol. The summed E-state index contributed by atoms with van der Waals surface area (Å²) in [4.78, 5) is 34.4. The first-order valence-corrected chi connectivity index (χ1v) is 7.58. The maximum Gasteiger partial charge on any atom is 0.337 e. The van der Waals surface area contributed by atoms with E-state index in [1.165, 1.54) is 13.0 Å². The quantitative estimate of drug-likeness (QED) is 0.285. The average Bonchev–Trinajstić information content (AvgIpc) is 2.52. The minimum atomic E-state index is -0.683. The summed E-state index contributed by atoms with van der Waals surface area (Å²) in [6.07, 6.45) is 2.85. The fraction of sp³-hybridized carbons (Fsp3) is 0.471. The van der Waals surface area contributed by atoms with Gasteiger partial charge in [0.2, 0.25) is 0 Å². The summed E-state index contributed by atoms with van der Waals surface area (Å²) in [6, 6.07) is 6.43. The van der Waals surface area contributed by atoms with Crippen LogP contribution in [0.25, 0.3) is 0 Å². The number of rotatable bonds is 10. The van der Waals surface area contributed by atoms with E-state index in [1.54, 1.807) is 18.2 Å². The number of unbranched alkanes of at least 4 members (excludes halogenated alkanes) is 2. The minimum absolute atomic E-state index is 0.177. The molecule has 1 rings (SSSR count). The van der Waals surface area contributed by atoms with Crippen LogP contribution >= 0.6 is 0 Å². The largest absolute Gasteiger partial charge is 0.464 e. The van der Waals surface area contributed by atoms with Gasteiger partial charge < -0.3 is 14.2 Å². The van der Waals surface area contributed by atoms with Crippen LogP contribution < -0.4 is 4.74 Å². The maximum atomic E-state index is 11.7. The monoisotopic (exact) mass is 322 g/mol. The second-order valence-corrected chi connectivity index (χ2v) is 4.95. The molecular formula is C17H22O6. The molecule has 0 saturated heterocycles. The van der Waals surface area contributed by atoms with E-state index in [2.05, 4.69) is 6.92 Å². The van der Waals surface area contributed by atoms with Gasteiger partial charge in [-0.2, -0.15) is 0 Å². The number of ether oxygens (including phenoxy) is 3. The molecule has 0 aromatic heterocycles. The molecule has 1 aromatic carbocycles. The van der Waals surface area contributed by atoms with Crippen molar-refractivity contribution in [3.05, 3.63) is 29.8 Å². The highest BCUT2D eigenvalue weighted by atomic mass is 16.6. The van der Waals surface area contributed by atoms with E-state index in [4.69, 9.17) is 14.2 Å². The van der Waals surface area contributed by atoms with Crippen molar-refractivity contribution in [2.24, 2.45) is 0 Å². The van der Waals surface area contributed by atoms with Gasteiger partial charge in [0.25, 0.3) is 0 Å². The lowest BCUT2D eigenvalue weighted by molar-refractivity contribution is -0.152. The van der Waals surface area contributed by atoms with Gasteiger partial charge in [-0.05, 0) is 25.5 Å². The number of esters is 2. The van der Waals surface area contributed by atoms with Gasteiger partial charge in [-0.25, -0.2) is 9.59 Å². The second kappa shape index (κ2) is 10.5. The first-order chi connectivity index (χ1) is 11.0. The highest BCUT2D eigenvalue weighted by molar-refractivity contribution is 5.97. The van der Waals surface area contributed by atoms with Crippen LogP contribution in [0.1, 0.15) is 43.5 Å². The molecule has 0 saturated carbocycles. The number of benzene rings is 1. The highest BCUT2D eigenvalue weighted by Crippen LogP contribution is 2.18. The van der Waals surface area contributed by atoms with Gasteiger partial charge in [-0.15, -0.1) is 0 Å². The number of para-hydroxylation sites is 1. The first-order valence-electron chi connectivity index (χ1n) is 7.58. The molecule has 23 heavy (non-hydrogen) atoms. The Balaban J connectivity index is 2.30. The van der Waals surface area contributed by atoms with Gasteiger partial charge in [0.1, 0.15) is 19.0 Å². The topological polar surface area (TPSA) is 78.9 Å². The van der Waals surface area contributed by atoms with Crippen LogP contribution in [-0.4, -0.2) is 37.5 Å². The Kier molecular flexibility index (Phi) is 8.60. The number of ketones is 1. The van der Waals surface area contributed by atoms with Crippen molar-refractivity contribution in [1.29, 1.82) is 0 Å². The molecule has 0 aliphatic carbocycles. The van der Waals surface area contributed by atoms with Gasteiger partial charge in [-0.3, -0.25) is 4.79 Å². The standard InChI is InChI=1S/C17H22O6/c1-3-4-7-10-22-16(19)11-21-12-17(20)23-15-9-6-5-8-14(15)13(2)18/h5-6,8-9H,3-4,7,10-12H2,1-2H3. The summed E-state index contributed by atoms with van der Waals surface area (Å²) in [5.74, 6) is -1.23. The third-order valence-corrected chi connectivity index (χ3v) is 2.94. The van der Waals surface area contributed by atoms with Crippen molar-refractivity contribution in [2.75, 3.05) is 19.8 Å². The molecule has 0 N–H and O–H groups in total. The Morgan fingerprint density at radius 2 is 1.70 bits per heavy atom. The molecule has 1 aromatic rings. The second-order valence-electron chi connectivity index (χ2n) is 4.95. The van der Waals surface area contributed by atoms with Crippen LogP contribution in [-0.2, 0) is 19.1 Å². The molecule has 6 heteroatoms. The molecule has 0 unspecified atom stereocenters. The van der Waals surface area contributed by atoms with Crippen molar-refractivity contribution in [1.82, 2.24) is 0 Å². The van der Waals surface area contributed by atoms with E-state index >= 15 is 0 Å². The third kappa shape index (κ3) is 7.56. The van der Waals surface area contributed by atoms with E-state index in [-0.39, 0.29) is 18.1 Å². The lowest BCUT2D eigenvalue weighted by Crippen LogP contribution is -2.21. The summed E-state index contributed by atoms with van der Waals surface area (Å²) >= 11 is 0. The zero-order chi connectivity index (χ0) is 17.1. The van der Waals surface area contributed by atoms with Crippen molar-refractivity contribution in [3.63, 3.8) is 0 Å². The molecule has 0 aliphatic heterocycles. The Morgan fingerprint density at radius 3 is 2.39 bits per heavy atom. The molecule has 126 valence electrons. The van der Waals surface area contributed by atoms with Crippen molar-refractivity contribution in [2.45, 2.75) is 33.1 Å². The molecule has 0 amide bonds. The zero-order valence-electron chi connectivity index (χ0n) is 13.5. The van der Waals surface area contributed by atoms with E-state index in [1.807, 2.05) is 0 Å². The average molecular weight is 322 g/mol. The molecule has 0 spiro atoms. The fourth-order valence-corrected chi connectivity index (χ4v) is 1.80. The van der Waals surface area contributed by atoms with Crippen molar-refractivity contribution < 1.29 is 28.6 Å². The van der Waals surface area contributed by atoms with Crippen LogP contribution in [0.5, 0.6) is 5.75 Å². The molecule has 0 radical (unpaired) electrons. The van der Waals surface area contributed by atoms with E-state index < -0.39 is 18.5 Å². The van der Waals surface area contributed by atoms with Gasteiger partial charge in [0.15, 0.2) is 5.78 Å². The number of Topliss-reactive ketones (excluding diaryl/α,β-unsaturated/α-hetero) is 1. The van der Waals surface area contributed by atoms with E-state index in [0.717, 1.165) is 19.3 Å². The Bertz CT molecular complexity index is 538. The Hall–Kier alpha value is -2.21. The summed E-state index contributed by atoms with van der Waals surface area (Å²) in [5.41, 5.74) is 0.316. The Labute approximate surface area is 135 Å². The maximum absolute atomic E-state index is 11.7. The van der Waals surface area contributed by atoms with Gasteiger partial charge in [-0.1, -0.05) is 31.9 Å². The lowest BCUT2D eigenvalue weighted by atomic mass is 10.1. The molecule has 0 fully saturated rings. The SMILES string of the molecule is CCCCCOC(=O)COCC(=O)Oc1ccccc1C(C)=O. The van der Waals surface area contributed by atoms with Crippen LogP contribution in [0.4, 0.5) is 0 Å². The van der Waals surface area contributed by atoms with Crippen LogP contribution in [0.15, 0.2) is 24.3 Å². The van der Waals surface area contributed by atoms with Gasteiger partial charge in [0.05, 0.1) is 12.2 Å². The molecule has 0 aliphatic rings. The predicted molar refractivity (Wildman–Crippen MR) is 83.4 cm³/mol. The smallest absolute Gasteiger partial charge is 0.337 e. The number of hydrogen-bond donors (Lipinski definition) is 0. The Morgan fingerprint density at radius 1 is 1.00 bits per heavy atom. The van der Waals surface area contributed by atoms with E-state index in [0.29, 0.717) is 12.2 Å². The fourth-order valence-electron chi connectivity index (χ4n) is 1.80. The summed E-state index contributed by atoms with van der Waals surface area (Å²) < 4.78 is 15.0. The number of carbonyl (C=O) groups is 3. The predicted octanol–water partition coefficient (Wildman–Crippen LogP) is 2.54. The zero-order valence-corrected chi connectivity index (χ0v) is 13.5. The molecule has 6 nitrogen and oxygen atoms in total. The summed E-state index contributed by atoms with van der Waals surface area (Å²) in [6.45, 7) is 3.09. The summed E-state index contributed by atoms with van der Waals surface area (Å²) in [7, 11) is 0. The van der Waals surface area contributed by atoms with Crippen molar-refractivity contribution >= 4 is 17.7 Å². The van der Waals surface area contributed by atoms with Crippen LogP contribution in [0.2, 0.25) is 0 Å². The van der Waals surface area contributed by atoms with Crippen LogP contribution in [0, 0.1) is 0 Å². The molecule has 0 heterocycles. The highest BCUT2D eigenvalue weighted by Gasteiger charge is 2.13. The minimum Gasteiger partial charge on any atom is -0.464 e. The van der Waals surface area contributed by atoms with Crippen LogP contribution in [0.3, 0.4) is 0 Å².